The summed E-state index contributed by atoms with van der Waals surface area (Å²) in [6.07, 6.45) is 1.00. The number of hydrogen-bond donors (Lipinski definition) is 10. The van der Waals surface area contributed by atoms with Crippen LogP contribution in [0.4, 0.5) is 0 Å². The fourth-order valence-electron chi connectivity index (χ4n) is 4.93. The van der Waals surface area contributed by atoms with Crippen molar-refractivity contribution in [1.29, 1.82) is 0 Å². The number of nitrogens with one attached hydrogen (secondary N) is 5. The molecule has 0 aliphatic carbocycles. The molecule has 2 aromatic rings. The zero-order chi connectivity index (χ0) is 36.0. The van der Waals surface area contributed by atoms with Gasteiger partial charge in [0.05, 0.1) is 18.9 Å². The topological polar surface area (TPSA) is 296 Å². The van der Waals surface area contributed by atoms with Crippen LogP contribution in [-0.2, 0) is 40.0 Å². The van der Waals surface area contributed by atoms with Gasteiger partial charge >= 0.3 is 17.9 Å². The van der Waals surface area contributed by atoms with Crippen molar-refractivity contribution in [2.75, 3.05) is 6.54 Å². The molecule has 1 aromatic heterocycles. The van der Waals surface area contributed by atoms with Gasteiger partial charge in [0.25, 0.3) is 0 Å². The third-order valence-electron chi connectivity index (χ3n) is 7.38. The van der Waals surface area contributed by atoms with Gasteiger partial charge in [-0.05, 0) is 43.4 Å². The normalized spacial score (nSPS) is 14.3. The number of carbonyl (C=O) groups excluding carboxylic acids is 4. The summed E-state index contributed by atoms with van der Waals surface area (Å²) in [6, 6.07) is -0.124. The highest BCUT2D eigenvalue weighted by Crippen LogP contribution is 2.19. The molecule has 48 heavy (non-hydrogen) atoms. The van der Waals surface area contributed by atoms with Crippen molar-refractivity contribution >= 4 is 52.4 Å². The van der Waals surface area contributed by atoms with E-state index in [4.69, 9.17) is 11.5 Å². The average molecular weight is 676 g/mol. The number of carboxylic acids is 3. The molecule has 0 bridgehead atoms. The fraction of sp³-hybridized carbons (Fsp3) is 0.516. The van der Waals surface area contributed by atoms with Gasteiger partial charge in [0.1, 0.15) is 24.2 Å². The van der Waals surface area contributed by atoms with Crippen LogP contribution in [0.3, 0.4) is 0 Å². The Kier molecular flexibility index (Phi) is 15.5. The Bertz CT molecular complexity index is 1460. The molecular formula is C31H45N7O10. The Balaban J connectivity index is 2.21. The minimum Gasteiger partial charge on any atom is -0.481 e. The summed E-state index contributed by atoms with van der Waals surface area (Å²) < 4.78 is 0. The van der Waals surface area contributed by atoms with Crippen LogP contribution in [0.5, 0.6) is 0 Å². The van der Waals surface area contributed by atoms with Gasteiger partial charge in [-0.3, -0.25) is 28.8 Å². The molecule has 0 radical (unpaired) electrons. The number of rotatable bonds is 21. The molecule has 0 aliphatic heterocycles. The molecule has 5 atom stereocenters. The predicted octanol–water partition coefficient (Wildman–Crippen LogP) is -0.814. The Morgan fingerprint density at radius 3 is 1.81 bits per heavy atom. The van der Waals surface area contributed by atoms with Crippen LogP contribution in [-0.4, -0.2) is 98.6 Å². The molecule has 17 heteroatoms. The highest BCUT2D eigenvalue weighted by atomic mass is 16.4. The van der Waals surface area contributed by atoms with Gasteiger partial charge in [-0.1, -0.05) is 38.5 Å². The quantitative estimate of drug-likeness (QED) is 0.0727. The average Bonchev–Trinajstić information content (AvgIpc) is 3.41. The van der Waals surface area contributed by atoms with Gasteiger partial charge in [0.2, 0.25) is 23.6 Å². The van der Waals surface area contributed by atoms with E-state index in [1.165, 1.54) is 0 Å². The number of hydrogen-bond acceptors (Lipinski definition) is 9. The number of carboxylic acid groups (broad SMARTS) is 3. The van der Waals surface area contributed by atoms with E-state index < -0.39 is 84.6 Å². The summed E-state index contributed by atoms with van der Waals surface area (Å²) in [4.78, 5) is 90.6. The minimum atomic E-state index is -1.80. The van der Waals surface area contributed by atoms with E-state index in [2.05, 4.69) is 26.3 Å². The summed E-state index contributed by atoms with van der Waals surface area (Å²) in [7, 11) is 0. The first-order valence-corrected chi connectivity index (χ1v) is 15.5. The minimum absolute atomic E-state index is 0.0183. The van der Waals surface area contributed by atoms with Crippen molar-refractivity contribution in [3.05, 3.63) is 36.0 Å². The lowest BCUT2D eigenvalue weighted by atomic mass is 10.0. The molecule has 0 spiro atoms. The van der Waals surface area contributed by atoms with Crippen LogP contribution in [0, 0.1) is 5.92 Å². The van der Waals surface area contributed by atoms with E-state index in [0.29, 0.717) is 24.9 Å². The molecule has 0 saturated heterocycles. The van der Waals surface area contributed by atoms with Crippen molar-refractivity contribution in [2.45, 2.75) is 89.0 Å². The standard InChI is InChI=1S/C31H45N7O10/c1-16(2)11-21(28(44)38-24(31(47)48)12-17-15-34-20-9-4-3-7-18(17)20)36-30(46)23(14-26(41)42)37-29(45)22(13-25(39)40)35-27(43)19(33)8-5-6-10-32/h3-4,7,9,15-16,19,21-24,34H,5-6,8,10-14,32-33H2,1-2H3,(H,35,43)(H,36,46)(H,37,45)(H,38,44)(H,39,40)(H,41,42)(H,47,48)/t19-,21-,22-,23-,24-/m0/s1. The third-order valence-corrected chi connectivity index (χ3v) is 7.38. The fourth-order valence-corrected chi connectivity index (χ4v) is 4.93. The number of amides is 4. The van der Waals surface area contributed by atoms with Crippen LogP contribution >= 0.6 is 0 Å². The van der Waals surface area contributed by atoms with Crippen LogP contribution in [0.15, 0.2) is 30.5 Å². The van der Waals surface area contributed by atoms with Gasteiger partial charge in [-0.15, -0.1) is 0 Å². The van der Waals surface area contributed by atoms with Gasteiger partial charge in [-0.2, -0.15) is 0 Å². The summed E-state index contributed by atoms with van der Waals surface area (Å²) >= 11 is 0. The number of aliphatic carboxylic acids is 3. The van der Waals surface area contributed by atoms with Gasteiger partial charge in [0.15, 0.2) is 0 Å². The molecular weight excluding hydrogens is 630 g/mol. The number of fused-ring (bicyclic) bond motifs is 1. The highest BCUT2D eigenvalue weighted by Gasteiger charge is 2.34. The van der Waals surface area contributed by atoms with E-state index in [-0.39, 0.29) is 25.2 Å². The largest absolute Gasteiger partial charge is 0.481 e. The molecule has 0 saturated carbocycles. The first-order chi connectivity index (χ1) is 22.6. The number of para-hydroxylation sites is 1. The van der Waals surface area contributed by atoms with Crippen LogP contribution < -0.4 is 32.7 Å². The number of carbonyl (C=O) groups is 7. The second-order valence-electron chi connectivity index (χ2n) is 11.9. The monoisotopic (exact) mass is 675 g/mol. The van der Waals surface area contributed by atoms with Crippen LogP contribution in [0.25, 0.3) is 10.9 Å². The van der Waals surface area contributed by atoms with E-state index in [0.717, 1.165) is 10.9 Å². The zero-order valence-electron chi connectivity index (χ0n) is 26.9. The van der Waals surface area contributed by atoms with E-state index >= 15 is 0 Å². The number of unbranched alkanes of at least 4 members (excludes halogenated alkanes) is 1. The Labute approximate surface area is 276 Å². The van der Waals surface area contributed by atoms with Crippen LogP contribution in [0.2, 0.25) is 0 Å². The lowest BCUT2D eigenvalue weighted by Crippen LogP contribution is -2.59. The maximum absolute atomic E-state index is 13.4. The number of aromatic amines is 1. The van der Waals surface area contributed by atoms with E-state index in [1.807, 2.05) is 12.1 Å². The van der Waals surface area contributed by atoms with E-state index in [1.54, 1.807) is 32.2 Å². The maximum atomic E-state index is 13.4. The number of nitrogens with two attached hydrogens (primary N) is 2. The van der Waals surface area contributed by atoms with Crippen molar-refractivity contribution < 1.29 is 48.9 Å². The van der Waals surface area contributed by atoms with Crippen molar-refractivity contribution in [1.82, 2.24) is 26.3 Å². The van der Waals surface area contributed by atoms with Gasteiger partial charge in [-0.25, -0.2) is 4.79 Å². The SMILES string of the molecule is CC(C)C[C@H](NC(=O)[C@H](CC(=O)O)NC(=O)[C@H](CC(=O)O)NC(=O)[C@@H](N)CCCCN)C(=O)N[C@@H](Cc1c[nH]c2ccccc12)C(=O)O. The number of H-pyrrole nitrogens is 1. The Morgan fingerprint density at radius 2 is 1.27 bits per heavy atom. The molecule has 2 rings (SSSR count). The van der Waals surface area contributed by atoms with E-state index in [9.17, 15) is 48.9 Å². The second-order valence-corrected chi connectivity index (χ2v) is 11.9. The Hall–Kier alpha value is -5.03. The third kappa shape index (κ3) is 12.6. The summed E-state index contributed by atoms with van der Waals surface area (Å²) in [5.41, 5.74) is 12.7. The number of benzene rings is 1. The molecule has 4 amide bonds. The summed E-state index contributed by atoms with van der Waals surface area (Å²) in [6.45, 7) is 3.85. The first-order valence-electron chi connectivity index (χ1n) is 15.5. The molecule has 0 fully saturated rings. The molecule has 17 nitrogen and oxygen atoms in total. The van der Waals surface area contributed by atoms with Crippen molar-refractivity contribution in [3.8, 4) is 0 Å². The lowest BCUT2D eigenvalue weighted by molar-refractivity contribution is -0.144. The molecule has 0 unspecified atom stereocenters. The second kappa shape index (κ2) is 19.0. The lowest BCUT2D eigenvalue weighted by Gasteiger charge is -2.26. The molecule has 1 heterocycles. The van der Waals surface area contributed by atoms with Gasteiger partial charge in [0, 0.05) is 23.5 Å². The molecule has 264 valence electrons. The van der Waals surface area contributed by atoms with Crippen LogP contribution in [0.1, 0.15) is 57.9 Å². The van der Waals surface area contributed by atoms with Gasteiger partial charge < -0.3 is 53.0 Å². The first kappa shape index (κ1) is 39.1. The highest BCUT2D eigenvalue weighted by molar-refractivity contribution is 5.98. The molecule has 12 N–H and O–H groups in total. The Morgan fingerprint density at radius 1 is 0.750 bits per heavy atom. The predicted molar refractivity (Wildman–Crippen MR) is 172 cm³/mol. The molecule has 1 aromatic carbocycles. The smallest absolute Gasteiger partial charge is 0.326 e. The summed E-state index contributed by atoms with van der Waals surface area (Å²) in [5, 5.41) is 38.6. The van der Waals surface area contributed by atoms with Crippen molar-refractivity contribution in [2.24, 2.45) is 17.4 Å². The van der Waals surface area contributed by atoms with Crippen molar-refractivity contribution in [3.63, 3.8) is 0 Å². The summed E-state index contributed by atoms with van der Waals surface area (Å²) in [5.74, 6) is -8.47. The molecule has 0 aliphatic rings. The maximum Gasteiger partial charge on any atom is 0.326 e. The zero-order valence-corrected chi connectivity index (χ0v) is 26.9. The number of aromatic nitrogens is 1.